The lowest BCUT2D eigenvalue weighted by molar-refractivity contribution is 0.548. The summed E-state index contributed by atoms with van der Waals surface area (Å²) < 4.78 is 0. The van der Waals surface area contributed by atoms with E-state index in [-0.39, 0.29) is 0 Å². The molecule has 0 unspecified atom stereocenters. The Bertz CT molecular complexity index is 227. The van der Waals surface area contributed by atoms with Gasteiger partial charge < -0.3 is 10.3 Å². The quantitative estimate of drug-likeness (QED) is 0.713. The molecule has 0 fully saturated rings. The van der Waals surface area contributed by atoms with Crippen molar-refractivity contribution in [3.05, 3.63) is 17.7 Å². The number of H-pyrrole nitrogens is 1. The number of aryl methyl sites for hydroxylation is 1. The summed E-state index contributed by atoms with van der Waals surface area (Å²) >= 11 is 0. The average molecular weight is 167 g/mol. The minimum absolute atomic E-state index is 0.698. The molecule has 0 aromatic carbocycles. The Balaban J connectivity index is 2.29. The number of hydrogen-bond donors (Lipinski definition) is 2. The first kappa shape index (κ1) is 9.26. The van der Waals surface area contributed by atoms with Gasteiger partial charge in [-0.1, -0.05) is 13.8 Å². The van der Waals surface area contributed by atoms with E-state index in [2.05, 4.69) is 29.1 Å². The Labute approximate surface area is 73.6 Å². The molecule has 0 aliphatic carbocycles. The van der Waals surface area contributed by atoms with Crippen molar-refractivity contribution in [3.63, 3.8) is 0 Å². The monoisotopic (exact) mass is 167 g/mol. The van der Waals surface area contributed by atoms with Crippen LogP contribution in [0, 0.1) is 12.8 Å². The van der Waals surface area contributed by atoms with Crippen molar-refractivity contribution in [1.82, 2.24) is 15.3 Å². The molecule has 0 atom stereocenters. The zero-order valence-electron chi connectivity index (χ0n) is 8.02. The van der Waals surface area contributed by atoms with E-state index in [1.165, 1.54) is 0 Å². The van der Waals surface area contributed by atoms with E-state index < -0.39 is 0 Å². The lowest BCUT2D eigenvalue weighted by Gasteiger charge is -2.05. The Morgan fingerprint density at radius 3 is 2.83 bits per heavy atom. The molecule has 0 amide bonds. The Hall–Kier alpha value is -0.830. The van der Waals surface area contributed by atoms with Crippen molar-refractivity contribution < 1.29 is 0 Å². The third-order valence-electron chi connectivity index (χ3n) is 1.78. The second kappa shape index (κ2) is 4.26. The highest BCUT2D eigenvalue weighted by molar-refractivity contribution is 5.07. The summed E-state index contributed by atoms with van der Waals surface area (Å²) in [7, 11) is 0. The molecule has 0 spiro atoms. The molecular weight excluding hydrogens is 150 g/mol. The summed E-state index contributed by atoms with van der Waals surface area (Å²) in [6.45, 7) is 8.36. The highest BCUT2D eigenvalue weighted by atomic mass is 14.9. The lowest BCUT2D eigenvalue weighted by Crippen LogP contribution is -2.19. The Morgan fingerprint density at radius 1 is 1.58 bits per heavy atom. The first-order chi connectivity index (χ1) is 5.70. The van der Waals surface area contributed by atoms with Crippen LogP contribution in [0.5, 0.6) is 0 Å². The molecule has 0 radical (unpaired) electrons. The molecule has 12 heavy (non-hydrogen) atoms. The van der Waals surface area contributed by atoms with Gasteiger partial charge in [0, 0.05) is 12.2 Å². The zero-order valence-corrected chi connectivity index (χ0v) is 8.02. The van der Waals surface area contributed by atoms with E-state index in [1.54, 1.807) is 6.33 Å². The summed E-state index contributed by atoms with van der Waals surface area (Å²) in [6, 6.07) is 0. The zero-order chi connectivity index (χ0) is 8.97. The third kappa shape index (κ3) is 2.66. The molecule has 1 rings (SSSR count). The standard InChI is InChI=1S/C9H17N3/c1-7(2)4-10-5-9-8(3)11-6-12-9/h6-7,10H,4-5H2,1-3H3,(H,11,12). The molecule has 1 aromatic rings. The molecule has 0 aliphatic rings. The van der Waals surface area contributed by atoms with Crippen molar-refractivity contribution in [2.75, 3.05) is 6.54 Å². The smallest absolute Gasteiger partial charge is 0.0925 e. The van der Waals surface area contributed by atoms with Gasteiger partial charge in [0.25, 0.3) is 0 Å². The lowest BCUT2D eigenvalue weighted by atomic mass is 10.2. The van der Waals surface area contributed by atoms with Gasteiger partial charge in [-0.25, -0.2) is 4.98 Å². The SMILES string of the molecule is Cc1[nH]cnc1CNCC(C)C. The third-order valence-corrected chi connectivity index (χ3v) is 1.78. The van der Waals surface area contributed by atoms with Gasteiger partial charge in [-0.3, -0.25) is 0 Å². The highest BCUT2D eigenvalue weighted by Crippen LogP contribution is 1.99. The number of rotatable bonds is 4. The van der Waals surface area contributed by atoms with Crippen molar-refractivity contribution in [2.24, 2.45) is 5.92 Å². The van der Waals surface area contributed by atoms with Crippen LogP contribution in [0.2, 0.25) is 0 Å². The number of nitrogens with one attached hydrogen (secondary N) is 2. The van der Waals surface area contributed by atoms with E-state index >= 15 is 0 Å². The van der Waals surface area contributed by atoms with E-state index in [4.69, 9.17) is 0 Å². The van der Waals surface area contributed by atoms with Crippen LogP contribution in [0.3, 0.4) is 0 Å². The van der Waals surface area contributed by atoms with Crippen molar-refractivity contribution in [1.29, 1.82) is 0 Å². The predicted octanol–water partition coefficient (Wildman–Crippen LogP) is 1.46. The van der Waals surface area contributed by atoms with E-state index in [0.717, 1.165) is 24.5 Å². The predicted molar refractivity (Wildman–Crippen MR) is 49.9 cm³/mol. The molecule has 0 saturated carbocycles. The molecule has 3 heteroatoms. The Morgan fingerprint density at radius 2 is 2.33 bits per heavy atom. The molecule has 1 aromatic heterocycles. The van der Waals surface area contributed by atoms with Gasteiger partial charge in [0.1, 0.15) is 0 Å². The van der Waals surface area contributed by atoms with Crippen LogP contribution >= 0.6 is 0 Å². The number of aromatic amines is 1. The van der Waals surface area contributed by atoms with Gasteiger partial charge >= 0.3 is 0 Å². The van der Waals surface area contributed by atoms with E-state index in [1.807, 2.05) is 6.92 Å². The Kier molecular flexibility index (Phi) is 3.29. The van der Waals surface area contributed by atoms with Crippen LogP contribution in [0.15, 0.2) is 6.33 Å². The minimum atomic E-state index is 0.698. The number of nitrogens with zero attached hydrogens (tertiary/aromatic N) is 1. The summed E-state index contributed by atoms with van der Waals surface area (Å²) in [4.78, 5) is 7.25. The van der Waals surface area contributed by atoms with Gasteiger partial charge in [0.15, 0.2) is 0 Å². The fraction of sp³-hybridized carbons (Fsp3) is 0.667. The van der Waals surface area contributed by atoms with Crippen LogP contribution in [0.4, 0.5) is 0 Å². The maximum Gasteiger partial charge on any atom is 0.0925 e. The summed E-state index contributed by atoms with van der Waals surface area (Å²) in [5.41, 5.74) is 2.28. The van der Waals surface area contributed by atoms with Crippen LogP contribution < -0.4 is 5.32 Å². The van der Waals surface area contributed by atoms with Gasteiger partial charge in [-0.2, -0.15) is 0 Å². The van der Waals surface area contributed by atoms with Crippen LogP contribution in [-0.4, -0.2) is 16.5 Å². The maximum absolute atomic E-state index is 4.19. The van der Waals surface area contributed by atoms with Gasteiger partial charge in [0.2, 0.25) is 0 Å². The van der Waals surface area contributed by atoms with E-state index in [9.17, 15) is 0 Å². The molecule has 2 N–H and O–H groups in total. The molecule has 0 bridgehead atoms. The second-order valence-corrected chi connectivity index (χ2v) is 3.50. The van der Waals surface area contributed by atoms with Gasteiger partial charge in [-0.15, -0.1) is 0 Å². The first-order valence-corrected chi connectivity index (χ1v) is 4.39. The highest BCUT2D eigenvalue weighted by Gasteiger charge is 1.99. The maximum atomic E-state index is 4.19. The molecule has 0 saturated heterocycles. The van der Waals surface area contributed by atoms with Gasteiger partial charge in [-0.05, 0) is 19.4 Å². The van der Waals surface area contributed by atoms with E-state index in [0.29, 0.717) is 5.92 Å². The van der Waals surface area contributed by atoms with Crippen molar-refractivity contribution >= 4 is 0 Å². The minimum Gasteiger partial charge on any atom is -0.348 e. The molecule has 3 nitrogen and oxygen atoms in total. The van der Waals surface area contributed by atoms with Crippen LogP contribution in [0.1, 0.15) is 25.2 Å². The van der Waals surface area contributed by atoms with Crippen LogP contribution in [0.25, 0.3) is 0 Å². The average Bonchev–Trinajstić information content (AvgIpc) is 2.36. The number of aromatic nitrogens is 2. The number of imidazole rings is 1. The largest absolute Gasteiger partial charge is 0.348 e. The first-order valence-electron chi connectivity index (χ1n) is 4.39. The van der Waals surface area contributed by atoms with Crippen LogP contribution in [-0.2, 0) is 6.54 Å². The summed E-state index contributed by atoms with van der Waals surface area (Å²) in [5, 5.41) is 3.35. The fourth-order valence-corrected chi connectivity index (χ4v) is 1.04. The molecule has 1 heterocycles. The summed E-state index contributed by atoms with van der Waals surface area (Å²) in [5.74, 6) is 0.698. The fourth-order valence-electron chi connectivity index (χ4n) is 1.04. The molecule has 0 aliphatic heterocycles. The normalized spacial score (nSPS) is 11.0. The topological polar surface area (TPSA) is 40.7 Å². The molecular formula is C9H17N3. The summed E-state index contributed by atoms with van der Waals surface area (Å²) in [6.07, 6.45) is 1.74. The molecule has 68 valence electrons. The van der Waals surface area contributed by atoms with Crippen molar-refractivity contribution in [3.8, 4) is 0 Å². The van der Waals surface area contributed by atoms with Gasteiger partial charge in [0.05, 0.1) is 12.0 Å². The second-order valence-electron chi connectivity index (χ2n) is 3.50. The number of hydrogen-bond acceptors (Lipinski definition) is 2. The van der Waals surface area contributed by atoms with Crippen molar-refractivity contribution in [2.45, 2.75) is 27.3 Å².